The van der Waals surface area contributed by atoms with Gasteiger partial charge in [0.05, 0.1) is 19.6 Å². The molecule has 4 nitrogen and oxygen atoms in total. The summed E-state index contributed by atoms with van der Waals surface area (Å²) in [6.07, 6.45) is 0.457. The van der Waals surface area contributed by atoms with Crippen molar-refractivity contribution in [1.82, 2.24) is 10.2 Å². The van der Waals surface area contributed by atoms with Gasteiger partial charge in [0.25, 0.3) is 0 Å². The van der Waals surface area contributed by atoms with Crippen LogP contribution in [0.2, 0.25) is 0 Å². The van der Waals surface area contributed by atoms with Gasteiger partial charge in [0, 0.05) is 26.2 Å². The van der Waals surface area contributed by atoms with Gasteiger partial charge in [-0.25, -0.2) is 0 Å². The number of hydrogen-bond donors (Lipinski definition) is 1. The number of amides is 1. The number of nitrogens with zero attached hydrogens (tertiary/aromatic N) is 1. The van der Waals surface area contributed by atoms with Crippen LogP contribution in [0.5, 0.6) is 0 Å². The minimum atomic E-state index is 0.0702. The van der Waals surface area contributed by atoms with E-state index in [2.05, 4.69) is 34.5 Å². The first kappa shape index (κ1) is 16.2. The standard InChI is InChI=1S/C18H22N2O2S/c21-18(11-17-5-10-23-14-17)19-12-15-1-3-16(4-2-15)13-20-6-8-22-9-7-20/h1-5,10,14H,6-9,11-13H2,(H,19,21). The van der Waals surface area contributed by atoms with Crippen LogP contribution < -0.4 is 5.32 Å². The lowest BCUT2D eigenvalue weighted by Gasteiger charge is -2.26. The number of nitrogens with one attached hydrogen (secondary N) is 1. The molecule has 0 aliphatic carbocycles. The van der Waals surface area contributed by atoms with E-state index in [1.807, 2.05) is 16.8 Å². The Kier molecular flexibility index (Phi) is 5.80. The van der Waals surface area contributed by atoms with Crippen LogP contribution in [0.4, 0.5) is 0 Å². The summed E-state index contributed by atoms with van der Waals surface area (Å²) < 4.78 is 5.37. The van der Waals surface area contributed by atoms with Gasteiger partial charge < -0.3 is 10.1 Å². The number of carbonyl (C=O) groups excluding carboxylic acids is 1. The molecule has 0 saturated carbocycles. The molecular weight excluding hydrogens is 308 g/mol. The maximum Gasteiger partial charge on any atom is 0.224 e. The van der Waals surface area contributed by atoms with Crippen LogP contribution in [-0.2, 0) is 29.0 Å². The number of benzene rings is 1. The number of rotatable bonds is 6. The van der Waals surface area contributed by atoms with E-state index in [1.54, 1.807) is 11.3 Å². The Bertz CT molecular complexity index is 604. The van der Waals surface area contributed by atoms with E-state index in [0.29, 0.717) is 13.0 Å². The summed E-state index contributed by atoms with van der Waals surface area (Å²) in [5.41, 5.74) is 3.52. The Labute approximate surface area is 141 Å². The van der Waals surface area contributed by atoms with Gasteiger partial charge in [0.1, 0.15) is 0 Å². The number of ether oxygens (including phenoxy) is 1. The van der Waals surface area contributed by atoms with Gasteiger partial charge in [-0.1, -0.05) is 24.3 Å². The Balaban J connectivity index is 1.44. The monoisotopic (exact) mass is 330 g/mol. The van der Waals surface area contributed by atoms with Crippen molar-refractivity contribution in [1.29, 1.82) is 0 Å². The summed E-state index contributed by atoms with van der Waals surface area (Å²) in [4.78, 5) is 14.3. The molecule has 1 aromatic heterocycles. The Morgan fingerprint density at radius 2 is 1.83 bits per heavy atom. The minimum Gasteiger partial charge on any atom is -0.379 e. The van der Waals surface area contributed by atoms with E-state index in [4.69, 9.17) is 4.74 Å². The van der Waals surface area contributed by atoms with E-state index in [-0.39, 0.29) is 5.91 Å². The number of hydrogen-bond acceptors (Lipinski definition) is 4. The first-order valence-corrected chi connectivity index (χ1v) is 8.89. The Hall–Kier alpha value is -1.69. The zero-order valence-corrected chi connectivity index (χ0v) is 14.0. The fourth-order valence-electron chi connectivity index (χ4n) is 2.62. The van der Waals surface area contributed by atoms with Gasteiger partial charge in [0.2, 0.25) is 5.91 Å². The summed E-state index contributed by atoms with van der Waals surface area (Å²) in [7, 11) is 0. The van der Waals surface area contributed by atoms with Crippen LogP contribution in [0.3, 0.4) is 0 Å². The summed E-state index contributed by atoms with van der Waals surface area (Å²) in [6, 6.07) is 10.5. The molecule has 2 heterocycles. The van der Waals surface area contributed by atoms with Crippen molar-refractivity contribution in [3.63, 3.8) is 0 Å². The minimum absolute atomic E-state index is 0.0702. The summed E-state index contributed by atoms with van der Waals surface area (Å²) in [6.45, 7) is 5.21. The largest absolute Gasteiger partial charge is 0.379 e. The van der Waals surface area contributed by atoms with Crippen LogP contribution in [0.1, 0.15) is 16.7 Å². The van der Waals surface area contributed by atoms with Crippen LogP contribution in [0.15, 0.2) is 41.1 Å². The van der Waals surface area contributed by atoms with Crippen LogP contribution >= 0.6 is 11.3 Å². The quantitative estimate of drug-likeness (QED) is 0.884. The second-order valence-electron chi connectivity index (χ2n) is 5.79. The highest BCUT2D eigenvalue weighted by atomic mass is 32.1. The highest BCUT2D eigenvalue weighted by Gasteiger charge is 2.10. The van der Waals surface area contributed by atoms with Gasteiger partial charge in [-0.3, -0.25) is 9.69 Å². The third-order valence-electron chi connectivity index (χ3n) is 3.97. The second-order valence-corrected chi connectivity index (χ2v) is 6.57. The summed E-state index contributed by atoms with van der Waals surface area (Å²) in [5, 5.41) is 6.99. The van der Waals surface area contributed by atoms with Gasteiger partial charge in [-0.2, -0.15) is 11.3 Å². The lowest BCUT2D eigenvalue weighted by molar-refractivity contribution is -0.120. The highest BCUT2D eigenvalue weighted by Crippen LogP contribution is 2.10. The first-order chi connectivity index (χ1) is 11.3. The smallest absolute Gasteiger partial charge is 0.224 e. The molecule has 0 atom stereocenters. The molecule has 0 bridgehead atoms. The van der Waals surface area contributed by atoms with Crippen molar-refractivity contribution in [2.75, 3.05) is 26.3 Å². The molecule has 1 fully saturated rings. The zero-order chi connectivity index (χ0) is 15.9. The topological polar surface area (TPSA) is 41.6 Å². The van der Waals surface area contributed by atoms with Gasteiger partial charge in [-0.15, -0.1) is 0 Å². The lowest BCUT2D eigenvalue weighted by atomic mass is 10.1. The van der Waals surface area contributed by atoms with E-state index in [0.717, 1.165) is 44.0 Å². The van der Waals surface area contributed by atoms with E-state index < -0.39 is 0 Å². The van der Waals surface area contributed by atoms with Crippen LogP contribution in [0, 0.1) is 0 Å². The third-order valence-corrected chi connectivity index (χ3v) is 4.70. The van der Waals surface area contributed by atoms with Crippen molar-refractivity contribution in [2.45, 2.75) is 19.5 Å². The lowest BCUT2D eigenvalue weighted by Crippen LogP contribution is -2.35. The number of thiophene rings is 1. The van der Waals surface area contributed by atoms with Gasteiger partial charge >= 0.3 is 0 Å². The summed E-state index contributed by atoms with van der Waals surface area (Å²) >= 11 is 1.62. The molecule has 0 radical (unpaired) electrons. The molecule has 1 N–H and O–H groups in total. The molecule has 0 spiro atoms. The maximum absolute atomic E-state index is 11.9. The van der Waals surface area contributed by atoms with E-state index in [9.17, 15) is 4.79 Å². The van der Waals surface area contributed by atoms with Gasteiger partial charge in [-0.05, 0) is 33.5 Å². The molecule has 23 heavy (non-hydrogen) atoms. The molecule has 1 amide bonds. The fourth-order valence-corrected chi connectivity index (χ4v) is 3.29. The average molecular weight is 330 g/mol. The van der Waals surface area contributed by atoms with Crippen molar-refractivity contribution >= 4 is 17.2 Å². The molecule has 3 rings (SSSR count). The normalized spacial score (nSPS) is 15.5. The third kappa shape index (κ3) is 5.16. The molecule has 1 aliphatic rings. The molecule has 5 heteroatoms. The average Bonchev–Trinajstić information content (AvgIpc) is 3.08. The molecular formula is C18H22N2O2S. The molecule has 2 aromatic rings. The van der Waals surface area contributed by atoms with Crippen molar-refractivity contribution in [2.24, 2.45) is 0 Å². The molecule has 0 unspecified atom stereocenters. The van der Waals surface area contributed by atoms with E-state index >= 15 is 0 Å². The maximum atomic E-state index is 11.9. The fraction of sp³-hybridized carbons (Fsp3) is 0.389. The SMILES string of the molecule is O=C(Cc1ccsc1)NCc1ccc(CN2CCOCC2)cc1. The Morgan fingerprint density at radius 1 is 1.09 bits per heavy atom. The van der Waals surface area contributed by atoms with Crippen molar-refractivity contribution in [3.05, 3.63) is 57.8 Å². The van der Waals surface area contributed by atoms with Crippen molar-refractivity contribution in [3.8, 4) is 0 Å². The molecule has 122 valence electrons. The predicted octanol–water partition coefficient (Wildman–Crippen LogP) is 2.44. The number of carbonyl (C=O) groups is 1. The van der Waals surface area contributed by atoms with Crippen molar-refractivity contribution < 1.29 is 9.53 Å². The Morgan fingerprint density at radius 3 is 2.52 bits per heavy atom. The number of morpholine rings is 1. The zero-order valence-electron chi connectivity index (χ0n) is 13.2. The molecule has 1 aromatic carbocycles. The summed E-state index contributed by atoms with van der Waals surface area (Å²) in [5.74, 6) is 0.0702. The van der Waals surface area contributed by atoms with Crippen LogP contribution in [-0.4, -0.2) is 37.1 Å². The van der Waals surface area contributed by atoms with E-state index in [1.165, 1.54) is 5.56 Å². The molecule has 1 saturated heterocycles. The molecule has 1 aliphatic heterocycles. The second kappa shape index (κ2) is 8.24. The van der Waals surface area contributed by atoms with Gasteiger partial charge in [0.15, 0.2) is 0 Å². The first-order valence-electron chi connectivity index (χ1n) is 7.95. The predicted molar refractivity (Wildman–Crippen MR) is 92.4 cm³/mol. The highest BCUT2D eigenvalue weighted by molar-refractivity contribution is 7.07. The van der Waals surface area contributed by atoms with Crippen LogP contribution in [0.25, 0.3) is 0 Å².